The van der Waals surface area contributed by atoms with Crippen LogP contribution in [0.5, 0.6) is 0 Å². The van der Waals surface area contributed by atoms with E-state index in [1.807, 2.05) is 13.0 Å². The summed E-state index contributed by atoms with van der Waals surface area (Å²) in [7, 11) is 0. The average molecular weight is 250 g/mol. The van der Waals surface area contributed by atoms with Crippen LogP contribution in [-0.2, 0) is 6.42 Å². The zero-order valence-electron chi connectivity index (χ0n) is 10.8. The van der Waals surface area contributed by atoms with Crippen molar-refractivity contribution in [3.8, 4) is 0 Å². The Kier molecular flexibility index (Phi) is 4.22. The SMILES string of the molecule is CC(N)c1ccc2c(c1)CCCN2CC(O)CO. The van der Waals surface area contributed by atoms with E-state index >= 15 is 0 Å². The van der Waals surface area contributed by atoms with Crippen molar-refractivity contribution >= 4 is 5.69 Å². The van der Waals surface area contributed by atoms with Crippen molar-refractivity contribution < 1.29 is 10.2 Å². The second-order valence-electron chi connectivity index (χ2n) is 5.06. The van der Waals surface area contributed by atoms with Gasteiger partial charge in [-0.05, 0) is 37.0 Å². The van der Waals surface area contributed by atoms with E-state index in [0.29, 0.717) is 6.54 Å². The van der Waals surface area contributed by atoms with Crippen molar-refractivity contribution in [2.75, 3.05) is 24.6 Å². The minimum Gasteiger partial charge on any atom is -0.394 e. The molecular formula is C14H22N2O2. The van der Waals surface area contributed by atoms with Crippen LogP contribution in [0.3, 0.4) is 0 Å². The maximum Gasteiger partial charge on any atom is 0.0945 e. The predicted molar refractivity (Wildman–Crippen MR) is 72.7 cm³/mol. The van der Waals surface area contributed by atoms with Gasteiger partial charge >= 0.3 is 0 Å². The number of nitrogens with two attached hydrogens (primary N) is 1. The third-order valence-corrected chi connectivity index (χ3v) is 3.49. The molecule has 2 rings (SSSR count). The van der Waals surface area contributed by atoms with E-state index in [0.717, 1.165) is 30.6 Å². The van der Waals surface area contributed by atoms with Crippen LogP contribution in [0.15, 0.2) is 18.2 Å². The summed E-state index contributed by atoms with van der Waals surface area (Å²) < 4.78 is 0. The van der Waals surface area contributed by atoms with Crippen LogP contribution in [-0.4, -0.2) is 36.0 Å². The molecule has 4 nitrogen and oxygen atoms in total. The van der Waals surface area contributed by atoms with Gasteiger partial charge in [-0.2, -0.15) is 0 Å². The Balaban J connectivity index is 2.21. The number of nitrogens with zero attached hydrogens (tertiary/aromatic N) is 1. The van der Waals surface area contributed by atoms with E-state index < -0.39 is 6.10 Å². The van der Waals surface area contributed by atoms with Gasteiger partial charge in [-0.3, -0.25) is 0 Å². The lowest BCUT2D eigenvalue weighted by Crippen LogP contribution is -2.37. The highest BCUT2D eigenvalue weighted by molar-refractivity contribution is 5.57. The normalized spacial score (nSPS) is 18.3. The molecule has 1 aromatic rings. The molecule has 0 amide bonds. The summed E-state index contributed by atoms with van der Waals surface area (Å²) in [5, 5.41) is 18.5. The van der Waals surface area contributed by atoms with Gasteiger partial charge in [-0.15, -0.1) is 0 Å². The maximum atomic E-state index is 9.57. The number of aliphatic hydroxyl groups excluding tert-OH is 2. The van der Waals surface area contributed by atoms with Gasteiger partial charge in [-0.25, -0.2) is 0 Å². The molecule has 0 radical (unpaired) electrons. The highest BCUT2D eigenvalue weighted by Gasteiger charge is 2.19. The summed E-state index contributed by atoms with van der Waals surface area (Å²) in [6, 6.07) is 6.34. The Labute approximate surface area is 108 Å². The molecule has 1 aromatic carbocycles. The van der Waals surface area contributed by atoms with Gasteiger partial charge < -0.3 is 20.8 Å². The van der Waals surface area contributed by atoms with Gasteiger partial charge in [0, 0.05) is 24.8 Å². The summed E-state index contributed by atoms with van der Waals surface area (Å²) in [4.78, 5) is 2.14. The quantitative estimate of drug-likeness (QED) is 0.739. The first-order valence-electron chi connectivity index (χ1n) is 6.54. The van der Waals surface area contributed by atoms with E-state index in [1.54, 1.807) is 0 Å². The highest BCUT2D eigenvalue weighted by atomic mass is 16.3. The summed E-state index contributed by atoms with van der Waals surface area (Å²) in [5.74, 6) is 0. The molecule has 2 unspecified atom stereocenters. The van der Waals surface area contributed by atoms with Gasteiger partial charge in [0.05, 0.1) is 12.7 Å². The zero-order chi connectivity index (χ0) is 13.1. The number of hydrogen-bond donors (Lipinski definition) is 3. The average Bonchev–Trinajstić information content (AvgIpc) is 2.38. The maximum absolute atomic E-state index is 9.57. The molecule has 0 saturated heterocycles. The summed E-state index contributed by atoms with van der Waals surface area (Å²) in [6.45, 7) is 3.21. The molecule has 4 heteroatoms. The Morgan fingerprint density at radius 3 is 2.89 bits per heavy atom. The van der Waals surface area contributed by atoms with Crippen LogP contribution in [0.25, 0.3) is 0 Å². The monoisotopic (exact) mass is 250 g/mol. The number of benzene rings is 1. The molecule has 0 aliphatic carbocycles. The van der Waals surface area contributed by atoms with Gasteiger partial charge in [0.15, 0.2) is 0 Å². The summed E-state index contributed by atoms with van der Waals surface area (Å²) in [5.41, 5.74) is 9.51. The first-order chi connectivity index (χ1) is 8.61. The van der Waals surface area contributed by atoms with Crippen molar-refractivity contribution in [3.05, 3.63) is 29.3 Å². The molecule has 2 atom stereocenters. The van der Waals surface area contributed by atoms with Crippen LogP contribution in [0.1, 0.15) is 30.5 Å². The lowest BCUT2D eigenvalue weighted by Gasteiger charge is -2.33. The van der Waals surface area contributed by atoms with Gasteiger partial charge in [0.25, 0.3) is 0 Å². The first-order valence-corrected chi connectivity index (χ1v) is 6.54. The van der Waals surface area contributed by atoms with Crippen LogP contribution in [0.4, 0.5) is 5.69 Å². The van der Waals surface area contributed by atoms with Crippen molar-refractivity contribution in [2.24, 2.45) is 5.73 Å². The number of hydrogen-bond acceptors (Lipinski definition) is 4. The lowest BCUT2D eigenvalue weighted by atomic mass is 9.97. The molecule has 4 N–H and O–H groups in total. The third-order valence-electron chi connectivity index (χ3n) is 3.49. The van der Waals surface area contributed by atoms with E-state index in [2.05, 4.69) is 17.0 Å². The topological polar surface area (TPSA) is 69.7 Å². The molecule has 1 aliphatic heterocycles. The van der Waals surface area contributed by atoms with Gasteiger partial charge in [-0.1, -0.05) is 12.1 Å². The van der Waals surface area contributed by atoms with Crippen LogP contribution in [0, 0.1) is 0 Å². The second kappa shape index (κ2) is 5.69. The highest BCUT2D eigenvalue weighted by Crippen LogP contribution is 2.29. The van der Waals surface area contributed by atoms with E-state index in [1.165, 1.54) is 5.56 Å². The fraction of sp³-hybridized carbons (Fsp3) is 0.571. The Morgan fingerprint density at radius 1 is 1.44 bits per heavy atom. The van der Waals surface area contributed by atoms with Crippen molar-refractivity contribution in [1.82, 2.24) is 0 Å². The molecule has 1 heterocycles. The minimum atomic E-state index is -0.677. The van der Waals surface area contributed by atoms with Crippen LogP contribution >= 0.6 is 0 Å². The number of aliphatic hydroxyl groups is 2. The largest absolute Gasteiger partial charge is 0.394 e. The Bertz CT molecular complexity index is 407. The smallest absolute Gasteiger partial charge is 0.0945 e. The minimum absolute atomic E-state index is 0.0497. The zero-order valence-corrected chi connectivity index (χ0v) is 10.8. The number of rotatable bonds is 4. The number of aryl methyl sites for hydroxylation is 1. The second-order valence-corrected chi connectivity index (χ2v) is 5.06. The van der Waals surface area contributed by atoms with E-state index in [4.69, 9.17) is 10.8 Å². The summed E-state index contributed by atoms with van der Waals surface area (Å²) >= 11 is 0. The Morgan fingerprint density at radius 2 is 2.22 bits per heavy atom. The van der Waals surface area contributed by atoms with Gasteiger partial charge in [0.2, 0.25) is 0 Å². The molecule has 0 aromatic heterocycles. The molecule has 18 heavy (non-hydrogen) atoms. The van der Waals surface area contributed by atoms with E-state index in [9.17, 15) is 5.11 Å². The molecule has 0 spiro atoms. The lowest BCUT2D eigenvalue weighted by molar-refractivity contribution is 0.0996. The number of fused-ring (bicyclic) bond motifs is 1. The van der Waals surface area contributed by atoms with Crippen molar-refractivity contribution in [3.63, 3.8) is 0 Å². The molecule has 0 fully saturated rings. The standard InChI is InChI=1S/C14H22N2O2/c1-10(15)11-4-5-14-12(7-11)3-2-6-16(14)8-13(18)9-17/h4-5,7,10,13,17-18H,2-3,6,8-9,15H2,1H3. The fourth-order valence-corrected chi connectivity index (χ4v) is 2.48. The molecule has 0 saturated carbocycles. The van der Waals surface area contributed by atoms with Crippen LogP contribution < -0.4 is 10.6 Å². The third kappa shape index (κ3) is 2.83. The number of anilines is 1. The van der Waals surface area contributed by atoms with Gasteiger partial charge in [0.1, 0.15) is 0 Å². The summed E-state index contributed by atoms with van der Waals surface area (Å²) in [6.07, 6.45) is 1.46. The molecule has 1 aliphatic rings. The van der Waals surface area contributed by atoms with Crippen molar-refractivity contribution in [1.29, 1.82) is 0 Å². The van der Waals surface area contributed by atoms with Crippen molar-refractivity contribution in [2.45, 2.75) is 31.9 Å². The first kappa shape index (κ1) is 13.3. The Hall–Kier alpha value is -1.10. The number of β-amino-alcohol motifs (C(OH)–C–C–N with tert-alkyl or cyclic N) is 1. The molecule has 0 bridgehead atoms. The predicted octanol–water partition coefficient (Wildman–Crippen LogP) is 0.812. The molecular weight excluding hydrogens is 228 g/mol. The fourth-order valence-electron chi connectivity index (χ4n) is 2.48. The van der Waals surface area contributed by atoms with Crippen LogP contribution in [0.2, 0.25) is 0 Å². The molecule has 100 valence electrons. The van der Waals surface area contributed by atoms with E-state index in [-0.39, 0.29) is 12.6 Å².